The highest BCUT2D eigenvalue weighted by atomic mass is 127. The number of piperidine rings is 1. The van der Waals surface area contributed by atoms with Gasteiger partial charge < -0.3 is 15.0 Å². The van der Waals surface area contributed by atoms with Gasteiger partial charge in [0.1, 0.15) is 12.4 Å². The van der Waals surface area contributed by atoms with Crippen LogP contribution in [-0.2, 0) is 18.4 Å². The van der Waals surface area contributed by atoms with Crippen LogP contribution in [0.2, 0.25) is 0 Å². The zero-order chi connectivity index (χ0) is 22.6. The summed E-state index contributed by atoms with van der Waals surface area (Å²) in [6, 6.07) is 5.85. The Balaban J connectivity index is 1.49. The van der Waals surface area contributed by atoms with Gasteiger partial charge in [0, 0.05) is 27.5 Å². The molecule has 31 heavy (non-hydrogen) atoms. The summed E-state index contributed by atoms with van der Waals surface area (Å²) < 4.78 is 22.4. The van der Waals surface area contributed by atoms with Crippen molar-refractivity contribution < 1.29 is 18.7 Å². The molecule has 3 rings (SSSR count). The molecule has 2 fully saturated rings. The van der Waals surface area contributed by atoms with Gasteiger partial charge in [0.2, 0.25) is 5.91 Å². The quantitative estimate of drug-likeness (QED) is 0.360. The minimum Gasteiger partial charge on any atom is -0.359 e. The third-order valence-corrected chi connectivity index (χ3v) is 7.77. The van der Waals surface area contributed by atoms with Crippen molar-refractivity contribution in [2.45, 2.75) is 46.8 Å². The number of nitrogens with zero attached hydrogens (tertiary/aromatic N) is 2. The summed E-state index contributed by atoms with van der Waals surface area (Å²) in [4.78, 5) is 29.0. The molecule has 1 N–H and O–H groups in total. The standard InChI is InChI=1S/C22H30FI2N3O3/c1-21(2)14-31-15-28(21)19(29)12-27-5-3-22(23,4-6-27)13-26-20(30)18-8-16(10-24)7-17(9-18)11-25/h7-9H,3-6,10-15H2,1-2H3,(H,26,30). The molecular weight excluding hydrogens is 627 g/mol. The first-order valence-electron chi connectivity index (χ1n) is 10.5. The number of hydrogen-bond donors (Lipinski definition) is 1. The van der Waals surface area contributed by atoms with Gasteiger partial charge in [-0.1, -0.05) is 51.2 Å². The molecule has 2 amide bonds. The minimum absolute atomic E-state index is 0.00531. The van der Waals surface area contributed by atoms with Crippen LogP contribution >= 0.6 is 45.2 Å². The summed E-state index contributed by atoms with van der Waals surface area (Å²) in [5.74, 6) is -0.216. The molecule has 0 saturated carbocycles. The zero-order valence-electron chi connectivity index (χ0n) is 18.1. The Labute approximate surface area is 210 Å². The second-order valence-electron chi connectivity index (χ2n) is 9.03. The molecule has 0 bridgehead atoms. The van der Waals surface area contributed by atoms with Crippen LogP contribution in [0.1, 0.15) is 48.2 Å². The van der Waals surface area contributed by atoms with E-state index in [-0.39, 0.29) is 30.4 Å². The molecule has 2 heterocycles. The van der Waals surface area contributed by atoms with E-state index in [2.05, 4.69) is 56.6 Å². The molecule has 0 unspecified atom stereocenters. The first-order chi connectivity index (χ1) is 14.7. The van der Waals surface area contributed by atoms with Crippen molar-refractivity contribution in [2.75, 3.05) is 39.5 Å². The minimum atomic E-state index is -1.45. The SMILES string of the molecule is CC1(C)COCN1C(=O)CN1CCC(F)(CNC(=O)c2cc(CI)cc(CI)c2)CC1. The van der Waals surface area contributed by atoms with E-state index in [1.165, 1.54) is 0 Å². The molecule has 2 aliphatic heterocycles. The van der Waals surface area contributed by atoms with Gasteiger partial charge >= 0.3 is 0 Å². The number of carbonyl (C=O) groups is 2. The number of alkyl halides is 3. The maximum Gasteiger partial charge on any atom is 0.251 e. The molecule has 9 heteroatoms. The average molecular weight is 657 g/mol. The van der Waals surface area contributed by atoms with Crippen LogP contribution in [0.3, 0.4) is 0 Å². The van der Waals surface area contributed by atoms with E-state index in [1.54, 1.807) is 4.90 Å². The van der Waals surface area contributed by atoms with Crippen molar-refractivity contribution >= 4 is 57.0 Å². The number of ether oxygens (including phenoxy) is 1. The summed E-state index contributed by atoms with van der Waals surface area (Å²) in [7, 11) is 0. The Kier molecular flexibility index (Phi) is 8.58. The normalized spacial score (nSPS) is 20.6. The first-order valence-corrected chi connectivity index (χ1v) is 13.5. The predicted octanol–water partition coefficient (Wildman–Crippen LogP) is 3.69. The molecule has 1 aromatic carbocycles. The van der Waals surface area contributed by atoms with E-state index in [0.29, 0.717) is 44.8 Å². The molecule has 0 aromatic heterocycles. The summed E-state index contributed by atoms with van der Waals surface area (Å²) in [5.41, 5.74) is 1.03. The van der Waals surface area contributed by atoms with E-state index < -0.39 is 5.67 Å². The van der Waals surface area contributed by atoms with Crippen molar-refractivity contribution in [3.8, 4) is 0 Å². The summed E-state index contributed by atoms with van der Waals surface area (Å²) in [5, 5.41) is 2.79. The Morgan fingerprint density at radius 1 is 1.13 bits per heavy atom. The van der Waals surface area contributed by atoms with Crippen LogP contribution < -0.4 is 5.32 Å². The van der Waals surface area contributed by atoms with Crippen LogP contribution in [0.5, 0.6) is 0 Å². The maximum absolute atomic E-state index is 15.3. The second kappa shape index (κ2) is 10.6. The van der Waals surface area contributed by atoms with E-state index in [9.17, 15) is 9.59 Å². The molecule has 2 saturated heterocycles. The summed E-state index contributed by atoms with van der Waals surface area (Å²) >= 11 is 4.55. The lowest BCUT2D eigenvalue weighted by molar-refractivity contribution is -0.137. The molecule has 1 aromatic rings. The Morgan fingerprint density at radius 2 is 1.74 bits per heavy atom. The summed E-state index contributed by atoms with van der Waals surface area (Å²) in [6.07, 6.45) is 0.598. The molecule has 2 aliphatic rings. The van der Waals surface area contributed by atoms with E-state index in [0.717, 1.165) is 20.0 Å². The highest BCUT2D eigenvalue weighted by Crippen LogP contribution is 2.27. The topological polar surface area (TPSA) is 61.9 Å². The van der Waals surface area contributed by atoms with Crippen LogP contribution in [-0.4, -0.2) is 72.3 Å². The lowest BCUT2D eigenvalue weighted by Crippen LogP contribution is -2.52. The van der Waals surface area contributed by atoms with Gasteiger partial charge in [0.25, 0.3) is 5.91 Å². The highest BCUT2D eigenvalue weighted by Gasteiger charge is 2.39. The second-order valence-corrected chi connectivity index (χ2v) is 10.6. The lowest BCUT2D eigenvalue weighted by Gasteiger charge is -2.37. The third kappa shape index (κ3) is 6.50. The van der Waals surface area contributed by atoms with Crippen LogP contribution in [0.25, 0.3) is 0 Å². The van der Waals surface area contributed by atoms with Gasteiger partial charge in [-0.3, -0.25) is 14.5 Å². The Morgan fingerprint density at radius 3 is 2.26 bits per heavy atom. The molecule has 0 aliphatic carbocycles. The van der Waals surface area contributed by atoms with Crippen molar-refractivity contribution in [1.29, 1.82) is 0 Å². The number of hydrogen-bond acceptors (Lipinski definition) is 4. The van der Waals surface area contributed by atoms with Crippen LogP contribution in [0, 0.1) is 0 Å². The molecule has 0 spiro atoms. The van der Waals surface area contributed by atoms with Gasteiger partial charge in [0.05, 0.1) is 25.2 Å². The molecule has 0 atom stereocenters. The van der Waals surface area contributed by atoms with Crippen molar-refractivity contribution in [3.63, 3.8) is 0 Å². The van der Waals surface area contributed by atoms with Crippen molar-refractivity contribution in [2.24, 2.45) is 0 Å². The Bertz CT molecular complexity index is 791. The van der Waals surface area contributed by atoms with Gasteiger partial charge in [-0.15, -0.1) is 0 Å². The van der Waals surface area contributed by atoms with E-state index >= 15 is 4.39 Å². The fourth-order valence-electron chi connectivity index (χ4n) is 4.00. The number of nitrogens with one attached hydrogen (secondary N) is 1. The fraction of sp³-hybridized carbons (Fsp3) is 0.636. The average Bonchev–Trinajstić information content (AvgIpc) is 3.12. The van der Waals surface area contributed by atoms with Crippen LogP contribution in [0.15, 0.2) is 18.2 Å². The van der Waals surface area contributed by atoms with E-state index in [4.69, 9.17) is 4.74 Å². The Hall–Kier alpha value is -0.530. The van der Waals surface area contributed by atoms with Gasteiger partial charge in [0.15, 0.2) is 0 Å². The van der Waals surface area contributed by atoms with Crippen molar-refractivity contribution in [3.05, 3.63) is 34.9 Å². The monoisotopic (exact) mass is 657 g/mol. The van der Waals surface area contributed by atoms with Gasteiger partial charge in [-0.05, 0) is 49.9 Å². The number of carbonyl (C=O) groups excluding carboxylic acids is 2. The third-order valence-electron chi connectivity index (χ3n) is 6.01. The molecule has 0 radical (unpaired) electrons. The zero-order valence-corrected chi connectivity index (χ0v) is 22.4. The highest BCUT2D eigenvalue weighted by molar-refractivity contribution is 14.1. The fourth-order valence-corrected chi connectivity index (χ4v) is 4.88. The number of rotatable bonds is 7. The summed E-state index contributed by atoms with van der Waals surface area (Å²) in [6.45, 7) is 6.09. The first kappa shape index (κ1) is 25.1. The van der Waals surface area contributed by atoms with Crippen molar-refractivity contribution in [1.82, 2.24) is 15.1 Å². The molecule has 6 nitrogen and oxygen atoms in total. The maximum atomic E-state index is 15.3. The molecular formula is C22H30FI2N3O3. The number of benzene rings is 1. The van der Waals surface area contributed by atoms with Crippen LogP contribution in [0.4, 0.5) is 4.39 Å². The van der Waals surface area contributed by atoms with Gasteiger partial charge in [-0.2, -0.15) is 0 Å². The number of likely N-dealkylation sites (tertiary alicyclic amines) is 1. The number of amides is 2. The van der Waals surface area contributed by atoms with Gasteiger partial charge in [-0.25, -0.2) is 4.39 Å². The lowest BCUT2D eigenvalue weighted by atomic mass is 9.93. The predicted molar refractivity (Wildman–Crippen MR) is 135 cm³/mol. The number of halogens is 3. The molecule has 172 valence electrons. The smallest absolute Gasteiger partial charge is 0.251 e. The van der Waals surface area contributed by atoms with E-state index in [1.807, 2.05) is 30.9 Å². The largest absolute Gasteiger partial charge is 0.359 e.